The number of nitrogens with one attached hydrogen (secondary N) is 1. The lowest BCUT2D eigenvalue weighted by atomic mass is 10.3. The van der Waals surface area contributed by atoms with E-state index in [-0.39, 0.29) is 36.5 Å². The van der Waals surface area contributed by atoms with E-state index in [9.17, 15) is 14.4 Å². The van der Waals surface area contributed by atoms with Crippen LogP contribution in [0.2, 0.25) is 0 Å². The van der Waals surface area contributed by atoms with E-state index < -0.39 is 0 Å². The van der Waals surface area contributed by atoms with Crippen LogP contribution in [-0.2, 0) is 22.6 Å². The number of thiophene rings is 1. The first-order valence-electron chi connectivity index (χ1n) is 7.99. The maximum atomic E-state index is 12.5. The van der Waals surface area contributed by atoms with Gasteiger partial charge in [-0.1, -0.05) is 6.92 Å². The summed E-state index contributed by atoms with van der Waals surface area (Å²) in [7, 11) is 1.56. The Hall–Kier alpha value is -2.22. The predicted octanol–water partition coefficient (Wildman–Crippen LogP) is 0.757. The zero-order valence-electron chi connectivity index (χ0n) is 13.7. The van der Waals surface area contributed by atoms with Crippen LogP contribution < -0.4 is 10.9 Å². The minimum Gasteiger partial charge on any atom is -0.352 e. The van der Waals surface area contributed by atoms with Gasteiger partial charge in [-0.15, -0.1) is 11.3 Å². The zero-order valence-corrected chi connectivity index (χ0v) is 14.6. The fourth-order valence-corrected chi connectivity index (χ4v) is 3.29. The minimum absolute atomic E-state index is 0.00180. The monoisotopic (exact) mass is 348 g/mol. The molecule has 2 amide bonds. The molecular weight excluding hydrogens is 328 g/mol. The van der Waals surface area contributed by atoms with Crippen molar-refractivity contribution in [1.82, 2.24) is 19.8 Å². The van der Waals surface area contributed by atoms with Crippen molar-refractivity contribution in [2.45, 2.75) is 38.8 Å². The van der Waals surface area contributed by atoms with Crippen LogP contribution in [0.1, 0.15) is 24.6 Å². The van der Waals surface area contributed by atoms with E-state index >= 15 is 0 Å². The van der Waals surface area contributed by atoms with Crippen molar-refractivity contribution in [3.05, 3.63) is 27.6 Å². The average molecular weight is 348 g/mol. The van der Waals surface area contributed by atoms with Gasteiger partial charge in [0.1, 0.15) is 11.4 Å². The third kappa shape index (κ3) is 3.64. The molecule has 1 aliphatic rings. The Labute approximate surface area is 143 Å². The van der Waals surface area contributed by atoms with Crippen molar-refractivity contribution < 1.29 is 9.59 Å². The third-order valence-electron chi connectivity index (χ3n) is 3.97. The maximum Gasteiger partial charge on any atom is 0.262 e. The summed E-state index contributed by atoms with van der Waals surface area (Å²) in [6, 6.07) is 2.10. The van der Waals surface area contributed by atoms with Crippen molar-refractivity contribution in [2.24, 2.45) is 0 Å². The molecule has 0 saturated heterocycles. The lowest BCUT2D eigenvalue weighted by Gasteiger charge is -2.17. The second-order valence-electron chi connectivity index (χ2n) is 6.05. The van der Waals surface area contributed by atoms with Crippen molar-refractivity contribution in [1.29, 1.82) is 0 Å². The summed E-state index contributed by atoms with van der Waals surface area (Å²) in [4.78, 5) is 43.9. The topological polar surface area (TPSA) is 84.3 Å². The molecule has 7 nitrogen and oxygen atoms in total. The molecule has 128 valence electrons. The number of amides is 2. The first-order chi connectivity index (χ1) is 11.5. The largest absolute Gasteiger partial charge is 0.352 e. The molecule has 0 spiro atoms. The number of nitrogens with zero attached hydrogens (tertiary/aromatic N) is 3. The Morgan fingerprint density at radius 2 is 2.21 bits per heavy atom. The quantitative estimate of drug-likeness (QED) is 0.835. The number of likely N-dealkylation sites (N-methyl/N-ethyl adjacent to an activating group) is 1. The maximum absolute atomic E-state index is 12.5. The molecule has 3 rings (SSSR count). The van der Waals surface area contributed by atoms with Gasteiger partial charge >= 0.3 is 0 Å². The lowest BCUT2D eigenvalue weighted by molar-refractivity contribution is -0.135. The predicted molar refractivity (Wildman–Crippen MR) is 92.1 cm³/mol. The Balaban J connectivity index is 1.68. The van der Waals surface area contributed by atoms with Gasteiger partial charge in [-0.3, -0.25) is 19.0 Å². The minimum atomic E-state index is -0.296. The molecule has 2 aromatic rings. The second-order valence-corrected chi connectivity index (χ2v) is 7.17. The van der Waals surface area contributed by atoms with Crippen molar-refractivity contribution >= 4 is 33.4 Å². The summed E-state index contributed by atoms with van der Waals surface area (Å²) in [6.45, 7) is 1.90. The van der Waals surface area contributed by atoms with Crippen molar-refractivity contribution in [3.63, 3.8) is 0 Å². The highest BCUT2D eigenvalue weighted by Crippen LogP contribution is 2.21. The highest BCUT2D eigenvalue weighted by molar-refractivity contribution is 7.18. The van der Waals surface area contributed by atoms with E-state index in [1.807, 2.05) is 13.0 Å². The van der Waals surface area contributed by atoms with Gasteiger partial charge in [-0.2, -0.15) is 0 Å². The summed E-state index contributed by atoms with van der Waals surface area (Å²) in [5.41, 5.74) is -0.222. The van der Waals surface area contributed by atoms with E-state index in [1.54, 1.807) is 7.05 Å². The van der Waals surface area contributed by atoms with E-state index in [4.69, 9.17) is 0 Å². The van der Waals surface area contributed by atoms with E-state index in [2.05, 4.69) is 10.3 Å². The van der Waals surface area contributed by atoms with Crippen LogP contribution in [0.3, 0.4) is 0 Å². The molecule has 0 aliphatic heterocycles. The fraction of sp³-hybridized carbons (Fsp3) is 0.500. The molecule has 2 aromatic heterocycles. The number of rotatable bonds is 6. The number of fused-ring (bicyclic) bond motifs is 1. The molecule has 0 unspecified atom stereocenters. The van der Waals surface area contributed by atoms with Crippen LogP contribution in [-0.4, -0.2) is 45.9 Å². The molecule has 8 heteroatoms. The molecule has 2 heterocycles. The zero-order chi connectivity index (χ0) is 17.3. The smallest absolute Gasteiger partial charge is 0.262 e. The summed E-state index contributed by atoms with van der Waals surface area (Å²) in [5, 5.41) is 3.38. The highest BCUT2D eigenvalue weighted by Gasteiger charge is 2.24. The van der Waals surface area contributed by atoms with Crippen LogP contribution in [0.4, 0.5) is 0 Å². The lowest BCUT2D eigenvalue weighted by Crippen LogP contribution is -2.41. The standard InChI is InChI=1S/C16H20N4O3S/c1-3-11-6-12-15(24-11)17-9-20(16(12)23)8-14(22)19(2)7-13(21)18-10-4-5-10/h6,9-10H,3-5,7-8H2,1-2H3,(H,18,21). The Morgan fingerprint density at radius 3 is 2.88 bits per heavy atom. The summed E-state index contributed by atoms with van der Waals surface area (Å²) < 4.78 is 1.30. The van der Waals surface area contributed by atoms with Crippen LogP contribution >= 0.6 is 11.3 Å². The highest BCUT2D eigenvalue weighted by atomic mass is 32.1. The Morgan fingerprint density at radius 1 is 1.46 bits per heavy atom. The molecule has 24 heavy (non-hydrogen) atoms. The number of hydrogen-bond donors (Lipinski definition) is 1. The van der Waals surface area contributed by atoms with Crippen molar-refractivity contribution in [3.8, 4) is 0 Å². The van der Waals surface area contributed by atoms with Crippen LogP contribution in [0.15, 0.2) is 17.2 Å². The molecule has 0 atom stereocenters. The van der Waals surface area contributed by atoms with Gasteiger partial charge in [0.25, 0.3) is 5.56 Å². The Kier molecular flexibility index (Phi) is 4.66. The second kappa shape index (κ2) is 6.72. The first kappa shape index (κ1) is 16.6. The molecular formula is C16H20N4O3S. The van der Waals surface area contributed by atoms with Gasteiger partial charge in [0, 0.05) is 18.0 Å². The summed E-state index contributed by atoms with van der Waals surface area (Å²) >= 11 is 1.49. The fourth-order valence-electron chi connectivity index (χ4n) is 2.37. The normalized spacial score (nSPS) is 13.9. The Bertz CT molecular complexity index is 837. The number of carbonyl (C=O) groups is 2. The number of hydrogen-bond acceptors (Lipinski definition) is 5. The average Bonchev–Trinajstić information content (AvgIpc) is 3.25. The first-order valence-corrected chi connectivity index (χ1v) is 8.80. The third-order valence-corrected chi connectivity index (χ3v) is 5.16. The molecule has 1 aliphatic carbocycles. The molecule has 0 radical (unpaired) electrons. The van der Waals surface area contributed by atoms with Gasteiger partial charge in [0.05, 0.1) is 18.3 Å². The van der Waals surface area contributed by atoms with Gasteiger partial charge in [-0.25, -0.2) is 4.98 Å². The number of carbonyl (C=O) groups excluding carboxylic acids is 2. The van der Waals surface area contributed by atoms with Crippen LogP contribution in [0, 0.1) is 0 Å². The van der Waals surface area contributed by atoms with E-state index in [0.29, 0.717) is 10.2 Å². The molecule has 0 aromatic carbocycles. The SMILES string of the molecule is CCc1cc2c(=O)n(CC(=O)N(C)CC(=O)NC3CC3)cnc2s1. The molecule has 1 saturated carbocycles. The molecule has 1 N–H and O–H groups in total. The summed E-state index contributed by atoms with van der Waals surface area (Å²) in [5.74, 6) is -0.463. The van der Waals surface area contributed by atoms with Gasteiger partial charge in [0.2, 0.25) is 11.8 Å². The molecule has 1 fully saturated rings. The van der Waals surface area contributed by atoms with Crippen molar-refractivity contribution in [2.75, 3.05) is 13.6 Å². The number of aromatic nitrogens is 2. The van der Waals surface area contributed by atoms with E-state index in [1.165, 1.54) is 27.1 Å². The molecule has 0 bridgehead atoms. The van der Waals surface area contributed by atoms with Gasteiger partial charge in [-0.05, 0) is 25.3 Å². The number of aryl methyl sites for hydroxylation is 1. The summed E-state index contributed by atoms with van der Waals surface area (Å²) in [6.07, 6.45) is 4.25. The van der Waals surface area contributed by atoms with Gasteiger partial charge in [0.15, 0.2) is 0 Å². The van der Waals surface area contributed by atoms with Gasteiger partial charge < -0.3 is 10.2 Å². The van der Waals surface area contributed by atoms with E-state index in [0.717, 1.165) is 24.1 Å². The van der Waals surface area contributed by atoms with Crippen LogP contribution in [0.25, 0.3) is 10.2 Å². The van der Waals surface area contributed by atoms with Crippen LogP contribution in [0.5, 0.6) is 0 Å².